The summed E-state index contributed by atoms with van der Waals surface area (Å²) < 4.78 is 1.87. The lowest BCUT2D eigenvalue weighted by atomic mass is 10.3. The van der Waals surface area contributed by atoms with Crippen molar-refractivity contribution in [1.29, 1.82) is 0 Å². The van der Waals surface area contributed by atoms with Gasteiger partial charge in [-0.05, 0) is 12.5 Å². The second kappa shape index (κ2) is 6.06. The number of halogens is 1. The predicted molar refractivity (Wildman–Crippen MR) is 73.1 cm³/mol. The Morgan fingerprint density at radius 2 is 2.28 bits per heavy atom. The lowest BCUT2D eigenvalue weighted by Gasteiger charge is -2.02. The van der Waals surface area contributed by atoms with Crippen molar-refractivity contribution in [1.82, 2.24) is 19.7 Å². The van der Waals surface area contributed by atoms with Crippen LogP contribution in [0.2, 0.25) is 0 Å². The molecule has 0 saturated heterocycles. The van der Waals surface area contributed by atoms with E-state index in [9.17, 15) is 4.79 Å². The molecule has 0 aliphatic heterocycles. The summed E-state index contributed by atoms with van der Waals surface area (Å²) in [5.41, 5.74) is 0.522. The van der Waals surface area contributed by atoms with Crippen LogP contribution in [0.1, 0.15) is 6.42 Å². The van der Waals surface area contributed by atoms with E-state index in [0.29, 0.717) is 17.4 Å². The molecule has 0 radical (unpaired) electrons. The molecule has 18 heavy (non-hydrogen) atoms. The first kappa shape index (κ1) is 13.2. The van der Waals surface area contributed by atoms with Gasteiger partial charge in [-0.3, -0.25) is 4.79 Å². The zero-order valence-corrected chi connectivity index (χ0v) is 11.5. The Bertz CT molecular complexity index is 580. The van der Waals surface area contributed by atoms with Gasteiger partial charge in [0.2, 0.25) is 5.56 Å². The molecule has 2 aromatic rings. The molecule has 2 rings (SSSR count). The van der Waals surface area contributed by atoms with Crippen molar-refractivity contribution < 1.29 is 0 Å². The molecule has 2 aromatic heterocycles. The summed E-state index contributed by atoms with van der Waals surface area (Å²) >= 11 is 7.23. The van der Waals surface area contributed by atoms with E-state index in [-0.39, 0.29) is 5.56 Å². The fourth-order valence-corrected chi connectivity index (χ4v) is 2.61. The molecule has 0 bridgehead atoms. The smallest absolute Gasteiger partial charge is 0.248 e. The summed E-state index contributed by atoms with van der Waals surface area (Å²) in [7, 11) is 1.88. The quantitative estimate of drug-likeness (QED) is 0.517. The van der Waals surface area contributed by atoms with E-state index in [4.69, 9.17) is 11.6 Å². The highest BCUT2D eigenvalue weighted by atomic mass is 35.5. The predicted octanol–water partition coefficient (Wildman–Crippen LogP) is 1.89. The monoisotopic (exact) mass is 284 g/mol. The van der Waals surface area contributed by atoms with Crippen molar-refractivity contribution in [2.75, 3.05) is 11.6 Å². The summed E-state index contributed by atoms with van der Waals surface area (Å²) in [4.78, 5) is 14.0. The van der Waals surface area contributed by atoms with Crippen LogP contribution in [0.25, 0.3) is 11.5 Å². The molecule has 2 heterocycles. The van der Waals surface area contributed by atoms with Crippen molar-refractivity contribution in [3.8, 4) is 11.5 Å². The first-order valence-electron chi connectivity index (χ1n) is 5.50. The Hall–Kier alpha value is -1.27. The first-order chi connectivity index (χ1) is 8.72. The van der Waals surface area contributed by atoms with E-state index in [0.717, 1.165) is 17.3 Å². The summed E-state index contributed by atoms with van der Waals surface area (Å²) in [6.07, 6.45) is 0.927. The Kier molecular flexibility index (Phi) is 4.43. The molecule has 0 aliphatic carbocycles. The number of rotatable bonds is 5. The van der Waals surface area contributed by atoms with Crippen LogP contribution in [-0.4, -0.2) is 31.4 Å². The van der Waals surface area contributed by atoms with E-state index in [1.165, 1.54) is 6.07 Å². The van der Waals surface area contributed by atoms with Gasteiger partial charge in [-0.25, -0.2) is 0 Å². The van der Waals surface area contributed by atoms with Gasteiger partial charge in [-0.1, -0.05) is 17.8 Å². The lowest BCUT2D eigenvalue weighted by Crippen LogP contribution is -2.06. The number of H-pyrrole nitrogens is 1. The molecule has 0 saturated carbocycles. The van der Waals surface area contributed by atoms with Crippen molar-refractivity contribution in [3.63, 3.8) is 0 Å². The van der Waals surface area contributed by atoms with Crippen LogP contribution in [0.15, 0.2) is 28.2 Å². The number of nitrogens with zero attached hydrogens (tertiary/aromatic N) is 3. The molecule has 0 aliphatic rings. The number of pyridine rings is 1. The third kappa shape index (κ3) is 2.94. The number of aromatic amines is 1. The minimum Gasteiger partial charge on any atom is -0.319 e. The molecule has 0 atom stereocenters. The summed E-state index contributed by atoms with van der Waals surface area (Å²) in [6.45, 7) is 0. The lowest BCUT2D eigenvalue weighted by molar-refractivity contribution is 0.791. The largest absolute Gasteiger partial charge is 0.319 e. The maximum atomic E-state index is 11.3. The molecule has 0 fully saturated rings. The van der Waals surface area contributed by atoms with Gasteiger partial charge >= 0.3 is 0 Å². The highest BCUT2D eigenvalue weighted by Crippen LogP contribution is 2.21. The van der Waals surface area contributed by atoms with E-state index < -0.39 is 0 Å². The van der Waals surface area contributed by atoms with Crippen LogP contribution in [0.4, 0.5) is 0 Å². The molecule has 96 valence electrons. The van der Waals surface area contributed by atoms with Crippen LogP contribution in [0.5, 0.6) is 0 Å². The number of alkyl halides is 1. The number of thioether (sulfide) groups is 1. The zero-order valence-electron chi connectivity index (χ0n) is 9.89. The number of hydrogen-bond donors (Lipinski definition) is 1. The Labute approximate surface area is 114 Å². The summed E-state index contributed by atoms with van der Waals surface area (Å²) in [6, 6.07) is 4.97. The highest BCUT2D eigenvalue weighted by Gasteiger charge is 2.11. The standard InChI is InChI=1S/C11H13ClN4OS/c1-16-10(8-4-2-5-9(17)13-8)14-15-11(16)18-7-3-6-12/h2,4-5H,3,6-7H2,1H3,(H,13,17). The molecular weight excluding hydrogens is 272 g/mol. The normalized spacial score (nSPS) is 10.8. The average Bonchev–Trinajstić information content (AvgIpc) is 2.72. The minimum absolute atomic E-state index is 0.146. The van der Waals surface area contributed by atoms with Gasteiger partial charge in [0.05, 0.1) is 5.69 Å². The second-order valence-corrected chi connectivity index (χ2v) is 5.12. The van der Waals surface area contributed by atoms with Crippen LogP contribution >= 0.6 is 23.4 Å². The molecule has 0 unspecified atom stereocenters. The third-order valence-corrected chi connectivity index (χ3v) is 3.73. The Morgan fingerprint density at radius 3 is 3.00 bits per heavy atom. The van der Waals surface area contributed by atoms with Crippen molar-refractivity contribution in [3.05, 3.63) is 28.6 Å². The number of hydrogen-bond acceptors (Lipinski definition) is 4. The summed E-state index contributed by atoms with van der Waals surface area (Å²) in [5, 5.41) is 9.02. The van der Waals surface area contributed by atoms with Crippen molar-refractivity contribution in [2.45, 2.75) is 11.6 Å². The van der Waals surface area contributed by atoms with Gasteiger partial charge in [-0.15, -0.1) is 21.8 Å². The molecule has 5 nitrogen and oxygen atoms in total. The van der Waals surface area contributed by atoms with Crippen molar-refractivity contribution in [2.24, 2.45) is 7.05 Å². The minimum atomic E-state index is -0.146. The van der Waals surface area contributed by atoms with Gasteiger partial charge in [0.15, 0.2) is 11.0 Å². The van der Waals surface area contributed by atoms with Crippen molar-refractivity contribution >= 4 is 23.4 Å². The molecule has 0 amide bonds. The van der Waals surface area contributed by atoms with Crippen LogP contribution < -0.4 is 5.56 Å². The maximum absolute atomic E-state index is 11.3. The van der Waals surface area contributed by atoms with Crippen LogP contribution in [-0.2, 0) is 7.05 Å². The van der Waals surface area contributed by atoms with Gasteiger partial charge in [0.25, 0.3) is 0 Å². The fourth-order valence-electron chi connectivity index (χ4n) is 1.47. The van der Waals surface area contributed by atoms with Crippen LogP contribution in [0, 0.1) is 0 Å². The maximum Gasteiger partial charge on any atom is 0.248 e. The first-order valence-corrected chi connectivity index (χ1v) is 7.02. The average molecular weight is 285 g/mol. The second-order valence-electron chi connectivity index (χ2n) is 3.68. The van der Waals surface area contributed by atoms with Gasteiger partial charge < -0.3 is 9.55 Å². The molecular formula is C11H13ClN4OS. The van der Waals surface area contributed by atoms with Gasteiger partial charge in [0, 0.05) is 24.7 Å². The molecule has 7 heteroatoms. The SMILES string of the molecule is Cn1c(SCCCCl)nnc1-c1cccc(=O)[nH]1. The molecule has 1 N–H and O–H groups in total. The number of nitrogens with one attached hydrogen (secondary N) is 1. The fraction of sp³-hybridized carbons (Fsp3) is 0.364. The number of aromatic nitrogens is 4. The topological polar surface area (TPSA) is 63.6 Å². The third-order valence-electron chi connectivity index (χ3n) is 2.35. The zero-order chi connectivity index (χ0) is 13.0. The van der Waals surface area contributed by atoms with Gasteiger partial charge in [0.1, 0.15) is 0 Å². The van der Waals surface area contributed by atoms with E-state index in [1.54, 1.807) is 23.9 Å². The molecule has 0 spiro atoms. The van der Waals surface area contributed by atoms with E-state index >= 15 is 0 Å². The summed E-state index contributed by atoms with van der Waals surface area (Å²) in [5.74, 6) is 2.20. The van der Waals surface area contributed by atoms with Crippen LogP contribution in [0.3, 0.4) is 0 Å². The molecule has 0 aromatic carbocycles. The van der Waals surface area contributed by atoms with Gasteiger partial charge in [-0.2, -0.15) is 0 Å². The highest BCUT2D eigenvalue weighted by molar-refractivity contribution is 7.99. The Morgan fingerprint density at radius 1 is 1.44 bits per heavy atom. The van der Waals surface area contributed by atoms with E-state index in [1.807, 2.05) is 11.6 Å². The Balaban J connectivity index is 2.22. The van der Waals surface area contributed by atoms with E-state index in [2.05, 4.69) is 15.2 Å².